The third kappa shape index (κ3) is 3.05. The molecule has 2 aliphatic rings. The third-order valence-corrected chi connectivity index (χ3v) is 6.86. The van der Waals surface area contributed by atoms with Crippen molar-refractivity contribution in [2.24, 2.45) is 0 Å². The molecule has 146 valence electrons. The number of ether oxygens (including phenoxy) is 2. The lowest BCUT2D eigenvalue weighted by Gasteiger charge is -2.29. The van der Waals surface area contributed by atoms with Crippen LogP contribution in [0.4, 0.5) is 11.6 Å². The van der Waals surface area contributed by atoms with E-state index in [9.17, 15) is 4.79 Å². The summed E-state index contributed by atoms with van der Waals surface area (Å²) < 4.78 is 20.3. The lowest BCUT2D eigenvalue weighted by Crippen LogP contribution is -2.36. The predicted octanol–water partition coefficient (Wildman–Crippen LogP) is 3.83. The van der Waals surface area contributed by atoms with E-state index >= 15 is 0 Å². The van der Waals surface area contributed by atoms with Crippen molar-refractivity contribution in [3.63, 3.8) is 0 Å². The Kier molecular flexibility index (Phi) is 4.70. The molecule has 1 saturated heterocycles. The van der Waals surface area contributed by atoms with Gasteiger partial charge in [0.2, 0.25) is 5.43 Å². The molecule has 0 spiro atoms. The van der Waals surface area contributed by atoms with Crippen LogP contribution in [0.3, 0.4) is 0 Å². The zero-order valence-electron chi connectivity index (χ0n) is 15.5. The lowest BCUT2D eigenvalue weighted by atomic mass is 10.1. The highest BCUT2D eigenvalue weighted by molar-refractivity contribution is 8.00. The van der Waals surface area contributed by atoms with Gasteiger partial charge in [0.15, 0.2) is 11.5 Å². The minimum Gasteiger partial charge on any atom is -0.489 e. The van der Waals surface area contributed by atoms with Crippen LogP contribution in [0.15, 0.2) is 38.9 Å². The molecule has 0 atom stereocenters. The molecule has 0 saturated carbocycles. The Morgan fingerprint density at radius 1 is 1.11 bits per heavy atom. The van der Waals surface area contributed by atoms with Gasteiger partial charge in [-0.3, -0.25) is 4.79 Å². The standard InChI is InChI=1S/C20H20N2O4S2/c1-27-22-6-9-25-17-3-2-13(10-15(17)22)14-12-28-20-16(23)11-18(26-19(14)20)21-4-7-24-8-5-21/h2-3,10-12H,4-9H2,1H3. The Balaban J connectivity index is 1.61. The maximum Gasteiger partial charge on any atom is 0.204 e. The van der Waals surface area contributed by atoms with Gasteiger partial charge in [-0.2, -0.15) is 0 Å². The fourth-order valence-electron chi connectivity index (χ4n) is 3.62. The molecular weight excluding hydrogens is 396 g/mol. The SMILES string of the molecule is CSN1CCOc2ccc(-c3csc4c(=O)cc(N5CCOCC5)oc34)cc21. The molecule has 0 aliphatic carbocycles. The topological polar surface area (TPSA) is 55.2 Å². The van der Waals surface area contributed by atoms with Gasteiger partial charge in [0, 0.05) is 36.4 Å². The molecule has 2 aromatic heterocycles. The Labute approximate surface area is 170 Å². The van der Waals surface area contributed by atoms with E-state index in [0.29, 0.717) is 36.0 Å². The van der Waals surface area contributed by atoms with Crippen molar-refractivity contribution in [2.75, 3.05) is 54.9 Å². The molecule has 1 aromatic carbocycles. The second-order valence-corrected chi connectivity index (χ2v) is 8.36. The largest absolute Gasteiger partial charge is 0.489 e. The van der Waals surface area contributed by atoms with Crippen molar-refractivity contribution in [2.45, 2.75) is 0 Å². The highest BCUT2D eigenvalue weighted by atomic mass is 32.2. The first kappa shape index (κ1) is 17.9. The van der Waals surface area contributed by atoms with Crippen LogP contribution < -0.4 is 19.4 Å². The molecular formula is C20H20N2O4S2. The number of anilines is 2. The van der Waals surface area contributed by atoms with Gasteiger partial charge in [0.1, 0.15) is 17.1 Å². The molecule has 6 nitrogen and oxygen atoms in total. The summed E-state index contributed by atoms with van der Waals surface area (Å²) in [6.07, 6.45) is 2.06. The molecule has 0 radical (unpaired) electrons. The van der Waals surface area contributed by atoms with E-state index < -0.39 is 0 Å². The van der Waals surface area contributed by atoms with E-state index in [-0.39, 0.29) is 5.43 Å². The maximum atomic E-state index is 12.7. The molecule has 8 heteroatoms. The molecule has 4 heterocycles. The first-order valence-electron chi connectivity index (χ1n) is 9.21. The van der Waals surface area contributed by atoms with Crippen LogP contribution in [-0.4, -0.2) is 45.7 Å². The average Bonchev–Trinajstić information content (AvgIpc) is 3.18. The summed E-state index contributed by atoms with van der Waals surface area (Å²) in [6, 6.07) is 7.75. The number of benzene rings is 1. The van der Waals surface area contributed by atoms with Crippen LogP contribution in [0.5, 0.6) is 5.75 Å². The Hall–Kier alpha value is -2.16. The fraction of sp³-hybridized carbons (Fsp3) is 0.350. The summed E-state index contributed by atoms with van der Waals surface area (Å²) in [5, 5.41) is 2.01. The van der Waals surface area contributed by atoms with Gasteiger partial charge >= 0.3 is 0 Å². The van der Waals surface area contributed by atoms with Gasteiger partial charge in [0.05, 0.1) is 25.4 Å². The zero-order valence-corrected chi connectivity index (χ0v) is 17.1. The molecule has 0 amide bonds. The number of hydrogen-bond donors (Lipinski definition) is 0. The quantitative estimate of drug-likeness (QED) is 0.602. The number of fused-ring (bicyclic) bond motifs is 2. The lowest BCUT2D eigenvalue weighted by molar-refractivity contribution is 0.121. The predicted molar refractivity (Wildman–Crippen MR) is 115 cm³/mol. The molecule has 2 aliphatic heterocycles. The van der Waals surface area contributed by atoms with Gasteiger partial charge in [-0.1, -0.05) is 18.0 Å². The van der Waals surface area contributed by atoms with E-state index in [0.717, 1.165) is 42.2 Å². The summed E-state index contributed by atoms with van der Waals surface area (Å²) in [7, 11) is 0. The number of nitrogens with zero attached hydrogens (tertiary/aromatic N) is 2. The van der Waals surface area contributed by atoms with Crippen molar-refractivity contribution < 1.29 is 13.9 Å². The average molecular weight is 417 g/mol. The van der Waals surface area contributed by atoms with Gasteiger partial charge < -0.3 is 23.1 Å². The molecule has 0 N–H and O–H groups in total. The van der Waals surface area contributed by atoms with Crippen LogP contribution >= 0.6 is 23.3 Å². The van der Waals surface area contributed by atoms with E-state index in [4.69, 9.17) is 13.9 Å². The molecule has 3 aromatic rings. The van der Waals surface area contributed by atoms with Crippen LogP contribution in [0.2, 0.25) is 0 Å². The first-order valence-corrected chi connectivity index (χ1v) is 11.3. The van der Waals surface area contributed by atoms with Crippen LogP contribution in [0.1, 0.15) is 0 Å². The van der Waals surface area contributed by atoms with Gasteiger partial charge in [-0.25, -0.2) is 0 Å². The van der Waals surface area contributed by atoms with Crippen molar-refractivity contribution in [1.82, 2.24) is 0 Å². The Morgan fingerprint density at radius 2 is 1.96 bits per heavy atom. The minimum absolute atomic E-state index is 0.00558. The maximum absolute atomic E-state index is 12.7. The zero-order chi connectivity index (χ0) is 19.1. The molecule has 28 heavy (non-hydrogen) atoms. The highest BCUT2D eigenvalue weighted by Gasteiger charge is 2.21. The summed E-state index contributed by atoms with van der Waals surface area (Å²) in [5.41, 5.74) is 3.69. The van der Waals surface area contributed by atoms with Crippen LogP contribution in [-0.2, 0) is 4.74 Å². The van der Waals surface area contributed by atoms with Crippen molar-refractivity contribution >= 4 is 45.1 Å². The van der Waals surface area contributed by atoms with Gasteiger partial charge in [-0.05, 0) is 17.7 Å². The molecule has 0 bridgehead atoms. The number of morpholine rings is 1. The fourth-order valence-corrected chi connectivity index (χ4v) is 5.13. The van der Waals surface area contributed by atoms with E-state index in [1.54, 1.807) is 18.0 Å². The van der Waals surface area contributed by atoms with E-state index in [1.807, 2.05) is 17.5 Å². The summed E-state index contributed by atoms with van der Waals surface area (Å²) in [4.78, 5) is 14.8. The van der Waals surface area contributed by atoms with Crippen LogP contribution in [0.25, 0.3) is 21.4 Å². The Bertz CT molecular complexity index is 1070. The summed E-state index contributed by atoms with van der Waals surface area (Å²) >= 11 is 3.12. The minimum atomic E-state index is 0.00558. The molecule has 5 rings (SSSR count). The number of hydrogen-bond acceptors (Lipinski definition) is 8. The normalized spacial score (nSPS) is 16.9. The molecule has 1 fully saturated rings. The Morgan fingerprint density at radius 3 is 2.79 bits per heavy atom. The van der Waals surface area contributed by atoms with Crippen molar-refractivity contribution in [1.29, 1.82) is 0 Å². The van der Waals surface area contributed by atoms with Gasteiger partial charge in [-0.15, -0.1) is 11.3 Å². The smallest absolute Gasteiger partial charge is 0.204 e. The van der Waals surface area contributed by atoms with Crippen molar-refractivity contribution in [3.8, 4) is 16.9 Å². The van der Waals surface area contributed by atoms with Gasteiger partial charge in [0.25, 0.3) is 0 Å². The molecule has 0 unspecified atom stereocenters. The monoisotopic (exact) mass is 416 g/mol. The third-order valence-electron chi connectivity index (χ3n) is 5.06. The van der Waals surface area contributed by atoms with E-state index in [2.05, 4.69) is 21.5 Å². The second-order valence-electron chi connectivity index (χ2n) is 6.67. The van der Waals surface area contributed by atoms with Crippen molar-refractivity contribution in [3.05, 3.63) is 39.9 Å². The van der Waals surface area contributed by atoms with E-state index in [1.165, 1.54) is 11.3 Å². The second kappa shape index (κ2) is 7.35. The van der Waals surface area contributed by atoms with Crippen LogP contribution in [0, 0.1) is 0 Å². The summed E-state index contributed by atoms with van der Waals surface area (Å²) in [5.74, 6) is 1.51. The number of rotatable bonds is 3. The number of thiophene rings is 1. The first-order chi connectivity index (χ1) is 13.7. The summed E-state index contributed by atoms with van der Waals surface area (Å²) in [6.45, 7) is 4.28. The highest BCUT2D eigenvalue weighted by Crippen LogP contribution is 2.41.